The number of aryl methyl sites for hydroxylation is 4. The standard InChI is InChI=1S/C19H21N3O/c1-5-15-18(22-9-8-13(3)11-17(22)20-15)19(23)21-16-10-12(2)6-7-14(16)4/h6-11H,5H2,1-4H3,(H,21,23). The van der Waals surface area contributed by atoms with E-state index in [0.29, 0.717) is 5.69 Å². The SMILES string of the molecule is CCc1nc2cc(C)ccn2c1C(=O)Nc1cc(C)ccc1C. The molecule has 0 aliphatic rings. The van der Waals surface area contributed by atoms with E-state index in [1.165, 1.54) is 0 Å². The molecule has 2 heterocycles. The van der Waals surface area contributed by atoms with Crippen molar-refractivity contribution in [3.8, 4) is 0 Å². The number of anilines is 1. The van der Waals surface area contributed by atoms with Crippen LogP contribution in [0.15, 0.2) is 36.5 Å². The summed E-state index contributed by atoms with van der Waals surface area (Å²) in [5.41, 5.74) is 6.39. The van der Waals surface area contributed by atoms with Crippen LogP contribution in [-0.4, -0.2) is 15.3 Å². The Morgan fingerprint density at radius 2 is 1.87 bits per heavy atom. The minimum atomic E-state index is -0.119. The van der Waals surface area contributed by atoms with E-state index in [0.717, 1.165) is 40.1 Å². The van der Waals surface area contributed by atoms with E-state index < -0.39 is 0 Å². The average molecular weight is 307 g/mol. The molecule has 1 amide bonds. The molecule has 0 saturated carbocycles. The number of hydrogen-bond acceptors (Lipinski definition) is 2. The Morgan fingerprint density at radius 1 is 1.13 bits per heavy atom. The Hall–Kier alpha value is -2.62. The van der Waals surface area contributed by atoms with E-state index in [9.17, 15) is 4.79 Å². The van der Waals surface area contributed by atoms with Gasteiger partial charge in [0, 0.05) is 11.9 Å². The molecule has 4 heteroatoms. The van der Waals surface area contributed by atoms with Gasteiger partial charge in [-0.1, -0.05) is 19.1 Å². The van der Waals surface area contributed by atoms with Gasteiger partial charge in [0.2, 0.25) is 0 Å². The van der Waals surface area contributed by atoms with Crippen LogP contribution in [0.5, 0.6) is 0 Å². The number of rotatable bonds is 3. The van der Waals surface area contributed by atoms with E-state index in [4.69, 9.17) is 0 Å². The molecule has 0 bridgehead atoms. The van der Waals surface area contributed by atoms with Crippen molar-refractivity contribution < 1.29 is 4.79 Å². The molecule has 0 aliphatic carbocycles. The van der Waals surface area contributed by atoms with Gasteiger partial charge in [0.1, 0.15) is 11.3 Å². The van der Waals surface area contributed by atoms with Crippen molar-refractivity contribution in [1.29, 1.82) is 0 Å². The van der Waals surface area contributed by atoms with Gasteiger partial charge in [-0.2, -0.15) is 0 Å². The van der Waals surface area contributed by atoms with Gasteiger partial charge < -0.3 is 5.32 Å². The van der Waals surface area contributed by atoms with Crippen molar-refractivity contribution in [3.63, 3.8) is 0 Å². The summed E-state index contributed by atoms with van der Waals surface area (Å²) in [4.78, 5) is 17.4. The van der Waals surface area contributed by atoms with Crippen molar-refractivity contribution in [2.24, 2.45) is 0 Å². The molecular formula is C19H21N3O. The molecule has 0 saturated heterocycles. The van der Waals surface area contributed by atoms with Crippen LogP contribution in [0.4, 0.5) is 5.69 Å². The monoisotopic (exact) mass is 307 g/mol. The van der Waals surface area contributed by atoms with Crippen LogP contribution in [0.25, 0.3) is 5.65 Å². The number of nitrogens with zero attached hydrogens (tertiary/aromatic N) is 2. The second-order valence-corrected chi connectivity index (χ2v) is 5.97. The molecule has 0 radical (unpaired) electrons. The predicted molar refractivity (Wildman–Crippen MR) is 93.2 cm³/mol. The number of carbonyl (C=O) groups excluding carboxylic acids is 1. The van der Waals surface area contributed by atoms with Gasteiger partial charge in [0.15, 0.2) is 0 Å². The van der Waals surface area contributed by atoms with E-state index in [2.05, 4.69) is 10.3 Å². The maximum atomic E-state index is 12.8. The van der Waals surface area contributed by atoms with Gasteiger partial charge in [-0.15, -0.1) is 0 Å². The van der Waals surface area contributed by atoms with E-state index in [1.54, 1.807) is 0 Å². The molecule has 0 atom stereocenters. The van der Waals surface area contributed by atoms with Crippen LogP contribution < -0.4 is 5.32 Å². The maximum Gasteiger partial charge on any atom is 0.274 e. The van der Waals surface area contributed by atoms with Gasteiger partial charge in [0.05, 0.1) is 5.69 Å². The molecule has 1 N–H and O–H groups in total. The molecule has 3 aromatic rings. The molecule has 0 spiro atoms. The molecule has 4 nitrogen and oxygen atoms in total. The summed E-state index contributed by atoms with van der Waals surface area (Å²) in [6.45, 7) is 8.05. The topological polar surface area (TPSA) is 46.4 Å². The first kappa shape index (κ1) is 15.3. The smallest absolute Gasteiger partial charge is 0.274 e. The lowest BCUT2D eigenvalue weighted by atomic mass is 10.1. The molecular weight excluding hydrogens is 286 g/mol. The van der Waals surface area contributed by atoms with E-state index in [-0.39, 0.29) is 5.91 Å². The summed E-state index contributed by atoms with van der Waals surface area (Å²) in [7, 11) is 0. The highest BCUT2D eigenvalue weighted by Crippen LogP contribution is 2.20. The summed E-state index contributed by atoms with van der Waals surface area (Å²) in [6.07, 6.45) is 2.63. The first-order valence-electron chi connectivity index (χ1n) is 7.85. The van der Waals surface area contributed by atoms with Gasteiger partial charge >= 0.3 is 0 Å². The maximum absolute atomic E-state index is 12.8. The average Bonchev–Trinajstić information content (AvgIpc) is 2.88. The van der Waals surface area contributed by atoms with Crippen molar-refractivity contribution in [3.05, 3.63) is 64.6 Å². The largest absolute Gasteiger partial charge is 0.320 e. The third-order valence-electron chi connectivity index (χ3n) is 4.05. The molecule has 0 fully saturated rings. The number of pyridine rings is 1. The predicted octanol–water partition coefficient (Wildman–Crippen LogP) is 4.07. The lowest BCUT2D eigenvalue weighted by Crippen LogP contribution is -2.17. The number of carbonyl (C=O) groups is 1. The third kappa shape index (κ3) is 2.84. The molecule has 0 unspecified atom stereocenters. The molecule has 0 aliphatic heterocycles. The van der Waals surface area contributed by atoms with Gasteiger partial charge in [-0.05, 0) is 62.1 Å². The fourth-order valence-electron chi connectivity index (χ4n) is 2.73. The van der Waals surface area contributed by atoms with Gasteiger partial charge in [0.25, 0.3) is 5.91 Å². The molecule has 23 heavy (non-hydrogen) atoms. The summed E-state index contributed by atoms with van der Waals surface area (Å²) >= 11 is 0. The van der Waals surface area contributed by atoms with Crippen LogP contribution in [0.1, 0.15) is 39.8 Å². The number of imidazole rings is 1. The van der Waals surface area contributed by atoms with E-state index in [1.807, 2.05) is 68.6 Å². The minimum absolute atomic E-state index is 0.119. The first-order chi connectivity index (χ1) is 11.0. The number of fused-ring (bicyclic) bond motifs is 1. The second-order valence-electron chi connectivity index (χ2n) is 5.97. The third-order valence-corrected chi connectivity index (χ3v) is 4.05. The fourth-order valence-corrected chi connectivity index (χ4v) is 2.73. The number of hydrogen-bond donors (Lipinski definition) is 1. The Labute approximate surface area is 136 Å². The molecule has 118 valence electrons. The summed E-state index contributed by atoms with van der Waals surface area (Å²) < 4.78 is 1.87. The fraction of sp³-hybridized carbons (Fsp3) is 0.263. The lowest BCUT2D eigenvalue weighted by Gasteiger charge is -2.10. The Kier molecular flexibility index (Phi) is 3.90. The summed E-state index contributed by atoms with van der Waals surface area (Å²) in [5.74, 6) is -0.119. The Bertz CT molecular complexity index is 893. The van der Waals surface area contributed by atoms with Crippen molar-refractivity contribution in [1.82, 2.24) is 9.38 Å². The zero-order valence-corrected chi connectivity index (χ0v) is 14.0. The van der Waals surface area contributed by atoms with Crippen LogP contribution in [0.3, 0.4) is 0 Å². The van der Waals surface area contributed by atoms with Crippen LogP contribution in [-0.2, 0) is 6.42 Å². The second kappa shape index (κ2) is 5.88. The number of benzene rings is 1. The zero-order valence-electron chi connectivity index (χ0n) is 14.0. The highest BCUT2D eigenvalue weighted by molar-refractivity contribution is 6.05. The number of amides is 1. The summed E-state index contributed by atoms with van der Waals surface area (Å²) in [6, 6.07) is 10.0. The van der Waals surface area contributed by atoms with E-state index >= 15 is 0 Å². The highest BCUT2D eigenvalue weighted by Gasteiger charge is 2.19. The quantitative estimate of drug-likeness (QED) is 0.792. The number of aromatic nitrogens is 2. The normalized spacial score (nSPS) is 11.0. The highest BCUT2D eigenvalue weighted by atomic mass is 16.2. The van der Waals surface area contributed by atoms with Crippen LogP contribution in [0, 0.1) is 20.8 Å². The van der Waals surface area contributed by atoms with Crippen LogP contribution >= 0.6 is 0 Å². The Balaban J connectivity index is 2.05. The van der Waals surface area contributed by atoms with Crippen molar-refractivity contribution in [2.75, 3.05) is 5.32 Å². The molecule has 1 aromatic carbocycles. The molecule has 2 aromatic heterocycles. The number of nitrogens with one attached hydrogen (secondary N) is 1. The van der Waals surface area contributed by atoms with Gasteiger partial charge in [-0.25, -0.2) is 4.98 Å². The molecule has 3 rings (SSSR count). The van der Waals surface area contributed by atoms with Crippen molar-refractivity contribution >= 4 is 17.2 Å². The minimum Gasteiger partial charge on any atom is -0.320 e. The first-order valence-corrected chi connectivity index (χ1v) is 7.85. The van der Waals surface area contributed by atoms with Gasteiger partial charge in [-0.3, -0.25) is 9.20 Å². The van der Waals surface area contributed by atoms with Crippen molar-refractivity contribution in [2.45, 2.75) is 34.1 Å². The Morgan fingerprint density at radius 3 is 2.61 bits per heavy atom. The summed E-state index contributed by atoms with van der Waals surface area (Å²) in [5, 5.41) is 3.04. The zero-order chi connectivity index (χ0) is 16.6. The van der Waals surface area contributed by atoms with Crippen LogP contribution in [0.2, 0.25) is 0 Å². The lowest BCUT2D eigenvalue weighted by molar-refractivity contribution is 0.102.